The van der Waals surface area contributed by atoms with Crippen LogP contribution in [0.2, 0.25) is 0 Å². The molecule has 10 atom stereocenters. The van der Waals surface area contributed by atoms with Gasteiger partial charge in [-0.25, -0.2) is 4.79 Å². The van der Waals surface area contributed by atoms with Gasteiger partial charge in [-0.3, -0.25) is 0 Å². The number of esters is 1. The molecule has 2 fully saturated rings. The molecule has 0 bridgehead atoms. The van der Waals surface area contributed by atoms with E-state index in [4.69, 9.17) is 18.9 Å². The van der Waals surface area contributed by atoms with Crippen molar-refractivity contribution in [3.63, 3.8) is 0 Å². The van der Waals surface area contributed by atoms with Gasteiger partial charge in [0.1, 0.15) is 30.5 Å². The van der Waals surface area contributed by atoms with Crippen molar-refractivity contribution < 1.29 is 74.8 Å². The van der Waals surface area contributed by atoms with Crippen LogP contribution in [0.15, 0.2) is 42.5 Å². The standard InChI is InChI=1S/C29H36O15/c1-13-22(35)24(37)25(38)27(42-13)41-12-20-23(36)26(44-21(34)7-4-14-2-5-16(30)18(32)10-14)29(40,28(39)43-20)9-8-15-3-6-17(31)19(33)11-15/h2-7,10-11,13,20,22-28,30-33,35-40H,8-9,12H2,1H3/b7-4+/t13-,20+,22-,23+,24+,25+,26-,27+,28+,29+/m0/s1. The normalized spacial score (nSPS) is 34.2. The second-order valence-corrected chi connectivity index (χ2v) is 10.8. The van der Waals surface area contributed by atoms with Crippen LogP contribution in [0.5, 0.6) is 23.0 Å². The van der Waals surface area contributed by atoms with Gasteiger partial charge in [-0.05, 0) is 61.2 Å². The third-order valence-corrected chi connectivity index (χ3v) is 7.66. The van der Waals surface area contributed by atoms with E-state index in [-0.39, 0.29) is 24.3 Å². The highest BCUT2D eigenvalue weighted by atomic mass is 16.7. The number of benzene rings is 2. The summed E-state index contributed by atoms with van der Waals surface area (Å²) < 4.78 is 21.7. The maximum atomic E-state index is 12.8. The summed E-state index contributed by atoms with van der Waals surface area (Å²) in [5.41, 5.74) is -1.71. The van der Waals surface area contributed by atoms with Gasteiger partial charge in [0.2, 0.25) is 0 Å². The van der Waals surface area contributed by atoms with Crippen molar-refractivity contribution in [2.75, 3.05) is 6.61 Å². The molecule has 0 amide bonds. The van der Waals surface area contributed by atoms with E-state index in [1.54, 1.807) is 0 Å². The molecular formula is C29H36O15. The lowest BCUT2D eigenvalue weighted by atomic mass is 9.82. The highest BCUT2D eigenvalue weighted by Gasteiger charge is 2.57. The van der Waals surface area contributed by atoms with Crippen molar-refractivity contribution in [1.29, 1.82) is 0 Å². The van der Waals surface area contributed by atoms with Crippen LogP contribution in [0.25, 0.3) is 6.08 Å². The molecule has 0 aliphatic carbocycles. The Kier molecular flexibility index (Phi) is 10.3. The first-order valence-electron chi connectivity index (χ1n) is 13.7. The first-order valence-corrected chi connectivity index (χ1v) is 13.7. The number of carbonyl (C=O) groups is 1. The van der Waals surface area contributed by atoms with Gasteiger partial charge < -0.3 is 70.0 Å². The fourth-order valence-corrected chi connectivity index (χ4v) is 4.95. The van der Waals surface area contributed by atoms with E-state index < -0.39 is 85.0 Å². The zero-order chi connectivity index (χ0) is 32.3. The van der Waals surface area contributed by atoms with Crippen LogP contribution < -0.4 is 0 Å². The largest absolute Gasteiger partial charge is 0.504 e. The molecule has 0 aromatic heterocycles. The van der Waals surface area contributed by atoms with Gasteiger partial charge in [-0.2, -0.15) is 0 Å². The summed E-state index contributed by atoms with van der Waals surface area (Å²) in [6.07, 6.45) is -12.5. The number of aryl methyl sites for hydroxylation is 1. The molecule has 242 valence electrons. The van der Waals surface area contributed by atoms with E-state index >= 15 is 0 Å². The summed E-state index contributed by atoms with van der Waals surface area (Å²) in [5.74, 6) is -2.71. The number of ether oxygens (including phenoxy) is 4. The fraction of sp³-hybridized carbons (Fsp3) is 0.483. The second kappa shape index (κ2) is 13.6. The summed E-state index contributed by atoms with van der Waals surface area (Å²) in [6, 6.07) is 7.63. The number of hydrogen-bond acceptors (Lipinski definition) is 15. The van der Waals surface area contributed by atoms with E-state index in [0.29, 0.717) is 11.1 Å². The van der Waals surface area contributed by atoms with Crippen molar-refractivity contribution in [2.45, 2.75) is 80.7 Å². The van der Waals surface area contributed by atoms with Gasteiger partial charge in [0.25, 0.3) is 0 Å². The Morgan fingerprint density at radius 2 is 1.52 bits per heavy atom. The van der Waals surface area contributed by atoms with Crippen molar-refractivity contribution >= 4 is 12.0 Å². The van der Waals surface area contributed by atoms with Gasteiger partial charge in [0.15, 0.2) is 47.3 Å². The Labute approximate surface area is 251 Å². The SMILES string of the molecule is C[C@@H]1O[C@@H](OC[C@H]2O[C@@H](O)[C@@](O)(CCc3ccc(O)c(O)c3)[C@@H](OC(=O)/C=C/c3ccc(O)c(O)c3)[C@@H]2O)[C@H](O)[C@H](O)[C@H]1O. The quantitative estimate of drug-likeness (QED) is 0.0885. The fourth-order valence-electron chi connectivity index (χ4n) is 4.95. The van der Waals surface area contributed by atoms with Crippen LogP contribution in [-0.2, 0) is 30.2 Å². The van der Waals surface area contributed by atoms with Crippen LogP contribution in [-0.4, -0.2) is 125 Å². The number of phenolic OH excluding ortho intramolecular Hbond substituents is 4. The van der Waals surface area contributed by atoms with E-state index in [2.05, 4.69) is 0 Å². The number of aliphatic hydroxyl groups is 6. The summed E-state index contributed by atoms with van der Waals surface area (Å²) >= 11 is 0. The number of carbonyl (C=O) groups excluding carboxylic acids is 1. The molecule has 2 aliphatic heterocycles. The lowest BCUT2D eigenvalue weighted by molar-refractivity contribution is -0.346. The number of rotatable bonds is 9. The minimum Gasteiger partial charge on any atom is -0.504 e. The van der Waals surface area contributed by atoms with Gasteiger partial charge >= 0.3 is 5.97 Å². The molecule has 15 nitrogen and oxygen atoms in total. The van der Waals surface area contributed by atoms with Gasteiger partial charge in [-0.15, -0.1) is 0 Å². The first kappa shape index (κ1) is 33.4. The summed E-state index contributed by atoms with van der Waals surface area (Å²) in [4.78, 5) is 12.8. The van der Waals surface area contributed by atoms with E-state index in [1.807, 2.05) is 0 Å². The zero-order valence-electron chi connectivity index (χ0n) is 23.4. The molecule has 2 saturated heterocycles. The minimum absolute atomic E-state index is 0.0461. The third kappa shape index (κ3) is 7.23. The van der Waals surface area contributed by atoms with Crippen LogP contribution in [0.3, 0.4) is 0 Å². The molecule has 4 rings (SSSR count). The first-order chi connectivity index (χ1) is 20.7. The van der Waals surface area contributed by atoms with Crippen molar-refractivity contribution in [1.82, 2.24) is 0 Å². The third-order valence-electron chi connectivity index (χ3n) is 7.66. The second-order valence-electron chi connectivity index (χ2n) is 10.8. The average Bonchev–Trinajstić information content (AvgIpc) is 2.99. The maximum absolute atomic E-state index is 12.8. The van der Waals surface area contributed by atoms with Crippen molar-refractivity contribution in [2.24, 2.45) is 0 Å². The Bertz CT molecular complexity index is 1330. The van der Waals surface area contributed by atoms with Crippen LogP contribution in [0.4, 0.5) is 0 Å². The van der Waals surface area contributed by atoms with Gasteiger partial charge in [0.05, 0.1) is 12.7 Å². The Balaban J connectivity index is 1.53. The van der Waals surface area contributed by atoms with E-state index in [9.17, 15) is 55.9 Å². The van der Waals surface area contributed by atoms with Crippen molar-refractivity contribution in [3.8, 4) is 23.0 Å². The van der Waals surface area contributed by atoms with Gasteiger partial charge in [-0.1, -0.05) is 12.1 Å². The molecular weight excluding hydrogens is 588 g/mol. The zero-order valence-corrected chi connectivity index (χ0v) is 23.4. The Hall–Kier alpha value is -3.51. The molecule has 0 saturated carbocycles. The highest BCUT2D eigenvalue weighted by Crippen LogP contribution is 2.36. The average molecular weight is 625 g/mol. The molecule has 15 heteroatoms. The molecule has 2 aliphatic rings. The van der Waals surface area contributed by atoms with Crippen molar-refractivity contribution in [3.05, 3.63) is 53.6 Å². The highest BCUT2D eigenvalue weighted by molar-refractivity contribution is 5.87. The smallest absolute Gasteiger partial charge is 0.331 e. The molecule has 2 aromatic carbocycles. The molecule has 2 heterocycles. The van der Waals surface area contributed by atoms with Crippen LogP contribution in [0.1, 0.15) is 24.5 Å². The monoisotopic (exact) mass is 624 g/mol. The predicted octanol–water partition coefficient (Wildman–Crippen LogP) is -1.28. The van der Waals surface area contributed by atoms with Crippen LogP contribution in [0, 0.1) is 0 Å². The molecule has 10 N–H and O–H groups in total. The molecule has 0 unspecified atom stereocenters. The summed E-state index contributed by atoms with van der Waals surface area (Å²) in [5, 5.41) is 102. The molecule has 0 spiro atoms. The number of aliphatic hydroxyl groups excluding tert-OH is 5. The van der Waals surface area contributed by atoms with Crippen LogP contribution >= 0.6 is 0 Å². The predicted molar refractivity (Wildman–Crippen MR) is 147 cm³/mol. The summed E-state index contributed by atoms with van der Waals surface area (Å²) in [6.45, 7) is 0.844. The molecule has 2 aromatic rings. The molecule has 44 heavy (non-hydrogen) atoms. The Morgan fingerprint density at radius 3 is 2.18 bits per heavy atom. The van der Waals surface area contributed by atoms with E-state index in [1.165, 1.54) is 49.4 Å². The van der Waals surface area contributed by atoms with Gasteiger partial charge in [0, 0.05) is 6.08 Å². The molecule has 0 radical (unpaired) electrons. The number of aromatic hydroxyl groups is 4. The Morgan fingerprint density at radius 1 is 0.864 bits per heavy atom. The number of phenols is 4. The number of hydrogen-bond donors (Lipinski definition) is 10. The lowest BCUT2D eigenvalue weighted by Crippen LogP contribution is -2.68. The van der Waals surface area contributed by atoms with E-state index in [0.717, 1.165) is 6.08 Å². The summed E-state index contributed by atoms with van der Waals surface area (Å²) in [7, 11) is 0. The minimum atomic E-state index is -2.42. The maximum Gasteiger partial charge on any atom is 0.331 e. The lowest BCUT2D eigenvalue weighted by Gasteiger charge is -2.48. The topological polar surface area (TPSA) is 256 Å².